The molecule has 1 saturated carbocycles. The molecule has 0 heterocycles. The maximum absolute atomic E-state index is 11.8. The molecule has 2 atom stereocenters. The van der Waals surface area contributed by atoms with Crippen LogP contribution >= 0.6 is 0 Å². The summed E-state index contributed by atoms with van der Waals surface area (Å²) in [6, 6.07) is 5.76. The molecule has 1 aliphatic carbocycles. The van der Waals surface area contributed by atoms with Crippen LogP contribution in [0.4, 0.5) is 11.4 Å². The number of carbonyl (C=O) groups excluding carboxylic acids is 1. The van der Waals surface area contributed by atoms with Gasteiger partial charge in [0.05, 0.1) is 12.7 Å². The summed E-state index contributed by atoms with van der Waals surface area (Å²) in [6.45, 7) is 2.28. The van der Waals surface area contributed by atoms with Gasteiger partial charge >= 0.3 is 5.97 Å². The fourth-order valence-electron chi connectivity index (χ4n) is 2.75. The summed E-state index contributed by atoms with van der Waals surface area (Å²) < 4.78 is 4.81. The monoisotopic (exact) mass is 262 g/mol. The summed E-state index contributed by atoms with van der Waals surface area (Å²) in [5.74, 6) is 0.389. The number of hydrogen-bond acceptors (Lipinski definition) is 4. The van der Waals surface area contributed by atoms with Crippen molar-refractivity contribution in [3.05, 3.63) is 23.8 Å². The van der Waals surface area contributed by atoms with E-state index in [4.69, 9.17) is 10.5 Å². The number of nitrogens with one attached hydrogen (secondary N) is 1. The molecule has 0 spiro atoms. The Morgan fingerprint density at radius 3 is 2.89 bits per heavy atom. The van der Waals surface area contributed by atoms with Crippen molar-refractivity contribution in [2.24, 2.45) is 5.92 Å². The van der Waals surface area contributed by atoms with E-state index in [2.05, 4.69) is 12.2 Å². The Bertz CT molecular complexity index is 459. The Morgan fingerprint density at radius 1 is 1.42 bits per heavy atom. The molecule has 2 rings (SSSR count). The topological polar surface area (TPSA) is 64.3 Å². The zero-order chi connectivity index (χ0) is 13.8. The number of hydrogen-bond donors (Lipinski definition) is 2. The van der Waals surface area contributed by atoms with Crippen molar-refractivity contribution in [2.45, 2.75) is 38.6 Å². The zero-order valence-electron chi connectivity index (χ0n) is 11.6. The Morgan fingerprint density at radius 2 is 2.21 bits per heavy atom. The van der Waals surface area contributed by atoms with Crippen LogP contribution in [0.3, 0.4) is 0 Å². The third-order valence-electron chi connectivity index (χ3n) is 3.74. The summed E-state index contributed by atoms with van der Waals surface area (Å²) in [6.07, 6.45) is 4.82. The second-order valence-electron chi connectivity index (χ2n) is 5.41. The molecule has 4 heteroatoms. The van der Waals surface area contributed by atoms with Crippen molar-refractivity contribution in [1.29, 1.82) is 0 Å². The predicted molar refractivity (Wildman–Crippen MR) is 77.2 cm³/mol. The summed E-state index contributed by atoms with van der Waals surface area (Å²) in [5, 5.41) is 3.47. The third-order valence-corrected chi connectivity index (χ3v) is 3.74. The van der Waals surface area contributed by atoms with Crippen LogP contribution in [0.5, 0.6) is 0 Å². The molecule has 0 aliphatic heterocycles. The predicted octanol–water partition coefficient (Wildman–Crippen LogP) is 3.05. The first-order valence-corrected chi connectivity index (χ1v) is 6.84. The average Bonchev–Trinajstić information content (AvgIpc) is 2.40. The van der Waals surface area contributed by atoms with E-state index in [1.165, 1.54) is 20.0 Å². The first-order chi connectivity index (χ1) is 9.10. The van der Waals surface area contributed by atoms with Gasteiger partial charge in [-0.3, -0.25) is 0 Å². The molecule has 1 fully saturated rings. The van der Waals surface area contributed by atoms with E-state index in [0.29, 0.717) is 17.3 Å². The minimum absolute atomic E-state index is 0.348. The summed E-state index contributed by atoms with van der Waals surface area (Å²) in [4.78, 5) is 11.8. The molecular formula is C15H22N2O2. The maximum Gasteiger partial charge on any atom is 0.340 e. The number of rotatable bonds is 3. The van der Waals surface area contributed by atoms with Crippen molar-refractivity contribution in [1.82, 2.24) is 0 Å². The normalized spacial score (nSPS) is 22.8. The van der Waals surface area contributed by atoms with Gasteiger partial charge in [0.2, 0.25) is 0 Å². The molecule has 0 amide bonds. The van der Waals surface area contributed by atoms with E-state index in [9.17, 15) is 4.79 Å². The Balaban J connectivity index is 2.17. The van der Waals surface area contributed by atoms with Crippen LogP contribution in [0.15, 0.2) is 18.2 Å². The van der Waals surface area contributed by atoms with Crippen molar-refractivity contribution < 1.29 is 9.53 Å². The fourth-order valence-corrected chi connectivity index (χ4v) is 2.75. The van der Waals surface area contributed by atoms with E-state index < -0.39 is 0 Å². The lowest BCUT2D eigenvalue weighted by Gasteiger charge is -2.29. The third kappa shape index (κ3) is 3.40. The van der Waals surface area contributed by atoms with Crippen molar-refractivity contribution in [2.75, 3.05) is 18.2 Å². The standard InChI is InChI=1S/C15H22N2O2/c1-10-4-3-5-12(8-10)17-14-7-6-11(16)9-13(14)15(18)19-2/h6-7,9-10,12,17H,3-5,8,16H2,1-2H3. The van der Waals surface area contributed by atoms with Crippen LogP contribution in [-0.2, 0) is 4.74 Å². The summed E-state index contributed by atoms with van der Waals surface area (Å²) in [5.41, 5.74) is 7.65. The molecule has 0 radical (unpaired) electrons. The molecule has 0 saturated heterocycles. The van der Waals surface area contributed by atoms with E-state index in [0.717, 1.165) is 24.4 Å². The van der Waals surface area contributed by atoms with Gasteiger partial charge in [-0.15, -0.1) is 0 Å². The van der Waals surface area contributed by atoms with Gasteiger partial charge in [-0.1, -0.05) is 19.8 Å². The minimum Gasteiger partial charge on any atom is -0.465 e. The van der Waals surface area contributed by atoms with E-state index >= 15 is 0 Å². The molecule has 1 aromatic rings. The number of anilines is 2. The van der Waals surface area contributed by atoms with E-state index in [1.807, 2.05) is 6.07 Å². The smallest absolute Gasteiger partial charge is 0.340 e. The maximum atomic E-state index is 11.8. The molecule has 2 unspecified atom stereocenters. The highest BCUT2D eigenvalue weighted by Gasteiger charge is 2.21. The highest BCUT2D eigenvalue weighted by molar-refractivity contribution is 5.96. The number of carbonyl (C=O) groups is 1. The number of ether oxygens (including phenoxy) is 1. The lowest BCUT2D eigenvalue weighted by Crippen LogP contribution is -2.27. The quantitative estimate of drug-likeness (QED) is 0.649. The molecule has 4 nitrogen and oxygen atoms in total. The van der Waals surface area contributed by atoms with Crippen molar-refractivity contribution >= 4 is 17.3 Å². The fraction of sp³-hybridized carbons (Fsp3) is 0.533. The molecular weight excluding hydrogens is 240 g/mol. The van der Waals surface area contributed by atoms with Gasteiger partial charge in [-0.05, 0) is 37.0 Å². The van der Waals surface area contributed by atoms with Crippen LogP contribution in [0, 0.1) is 5.92 Å². The Labute approximate surface area is 114 Å². The molecule has 104 valence electrons. The number of esters is 1. The lowest BCUT2D eigenvalue weighted by molar-refractivity contribution is 0.0602. The number of methoxy groups -OCH3 is 1. The first kappa shape index (κ1) is 13.7. The average molecular weight is 262 g/mol. The van der Waals surface area contributed by atoms with Gasteiger partial charge in [0, 0.05) is 17.4 Å². The molecule has 0 bridgehead atoms. The number of nitrogens with two attached hydrogens (primary N) is 1. The van der Waals surface area contributed by atoms with Gasteiger partial charge < -0.3 is 15.8 Å². The largest absolute Gasteiger partial charge is 0.465 e. The minimum atomic E-state index is -0.348. The highest BCUT2D eigenvalue weighted by atomic mass is 16.5. The molecule has 1 aromatic carbocycles. The van der Waals surface area contributed by atoms with Crippen LogP contribution in [0.2, 0.25) is 0 Å². The van der Waals surface area contributed by atoms with Gasteiger partial charge in [-0.25, -0.2) is 4.79 Å². The molecule has 3 N–H and O–H groups in total. The van der Waals surface area contributed by atoms with Gasteiger partial charge in [-0.2, -0.15) is 0 Å². The van der Waals surface area contributed by atoms with Crippen molar-refractivity contribution in [3.63, 3.8) is 0 Å². The van der Waals surface area contributed by atoms with E-state index in [-0.39, 0.29) is 5.97 Å². The van der Waals surface area contributed by atoms with Crippen LogP contribution < -0.4 is 11.1 Å². The van der Waals surface area contributed by atoms with Crippen molar-refractivity contribution in [3.8, 4) is 0 Å². The van der Waals surface area contributed by atoms with Crippen LogP contribution in [-0.4, -0.2) is 19.1 Å². The van der Waals surface area contributed by atoms with Crippen LogP contribution in [0.1, 0.15) is 43.0 Å². The molecule has 1 aliphatic rings. The van der Waals surface area contributed by atoms with E-state index in [1.54, 1.807) is 12.1 Å². The Kier molecular flexibility index (Phi) is 4.30. The highest BCUT2D eigenvalue weighted by Crippen LogP contribution is 2.28. The van der Waals surface area contributed by atoms with Gasteiger partial charge in [0.1, 0.15) is 0 Å². The number of benzene rings is 1. The number of nitrogen functional groups attached to an aromatic ring is 1. The Hall–Kier alpha value is -1.71. The van der Waals surface area contributed by atoms with Crippen LogP contribution in [0.25, 0.3) is 0 Å². The zero-order valence-corrected chi connectivity index (χ0v) is 11.6. The summed E-state index contributed by atoms with van der Waals surface area (Å²) in [7, 11) is 1.39. The summed E-state index contributed by atoms with van der Waals surface area (Å²) >= 11 is 0. The van der Waals surface area contributed by atoms with Gasteiger partial charge in [0.25, 0.3) is 0 Å². The first-order valence-electron chi connectivity index (χ1n) is 6.84. The molecule has 19 heavy (non-hydrogen) atoms. The second kappa shape index (κ2) is 5.95. The SMILES string of the molecule is COC(=O)c1cc(N)ccc1NC1CCCC(C)C1. The lowest BCUT2D eigenvalue weighted by atomic mass is 9.87. The molecule has 0 aromatic heterocycles. The second-order valence-corrected chi connectivity index (χ2v) is 5.41. The van der Waals surface area contributed by atoms with Gasteiger partial charge in [0.15, 0.2) is 0 Å².